The SMILES string of the molecule is CC(C)[C@@H](O[Si](C)(C)C(C)(C)C)[C@H](C)/C=C/[C@@H](O)CC(O)CO. The molecule has 0 aliphatic heterocycles. The van der Waals surface area contributed by atoms with Crippen molar-refractivity contribution in [1.29, 1.82) is 0 Å². The van der Waals surface area contributed by atoms with Crippen LogP contribution in [0.4, 0.5) is 0 Å². The molecule has 3 N–H and O–H groups in total. The van der Waals surface area contributed by atoms with E-state index in [0.29, 0.717) is 5.92 Å². The fourth-order valence-electron chi connectivity index (χ4n) is 2.21. The predicted molar refractivity (Wildman–Crippen MR) is 98.9 cm³/mol. The Bertz CT molecular complexity index is 361. The monoisotopic (exact) mass is 346 g/mol. The molecule has 23 heavy (non-hydrogen) atoms. The summed E-state index contributed by atoms with van der Waals surface area (Å²) in [6.07, 6.45) is 2.28. The van der Waals surface area contributed by atoms with Gasteiger partial charge in [-0.25, -0.2) is 0 Å². The van der Waals surface area contributed by atoms with Crippen molar-refractivity contribution in [3.63, 3.8) is 0 Å². The second kappa shape index (κ2) is 9.32. The Hall–Kier alpha value is -0.203. The second-order valence-corrected chi connectivity index (χ2v) is 13.2. The van der Waals surface area contributed by atoms with Crippen molar-refractivity contribution in [1.82, 2.24) is 0 Å². The van der Waals surface area contributed by atoms with Crippen LogP contribution in [0.3, 0.4) is 0 Å². The average Bonchev–Trinajstić information content (AvgIpc) is 2.40. The average molecular weight is 347 g/mol. The van der Waals surface area contributed by atoms with Crippen LogP contribution >= 0.6 is 0 Å². The molecular formula is C18H38O4Si. The Morgan fingerprint density at radius 1 is 1.04 bits per heavy atom. The molecule has 0 spiro atoms. The molecule has 0 aromatic rings. The van der Waals surface area contributed by atoms with Crippen molar-refractivity contribution in [3.05, 3.63) is 12.2 Å². The maximum atomic E-state index is 9.89. The van der Waals surface area contributed by atoms with E-state index in [0.717, 1.165) is 0 Å². The van der Waals surface area contributed by atoms with E-state index in [1.165, 1.54) is 0 Å². The van der Waals surface area contributed by atoms with Gasteiger partial charge >= 0.3 is 0 Å². The van der Waals surface area contributed by atoms with Gasteiger partial charge in [0.15, 0.2) is 8.32 Å². The maximum Gasteiger partial charge on any atom is 0.192 e. The summed E-state index contributed by atoms with van der Waals surface area (Å²) in [6.45, 7) is 17.3. The molecule has 5 heteroatoms. The molecular weight excluding hydrogens is 308 g/mol. The molecule has 0 saturated heterocycles. The van der Waals surface area contributed by atoms with Gasteiger partial charge in [-0.3, -0.25) is 0 Å². The molecule has 0 bridgehead atoms. The molecule has 0 aromatic carbocycles. The number of rotatable bonds is 9. The van der Waals surface area contributed by atoms with E-state index < -0.39 is 20.5 Å². The first kappa shape index (κ1) is 22.8. The molecule has 0 rings (SSSR count). The highest BCUT2D eigenvalue weighted by molar-refractivity contribution is 6.74. The smallest absolute Gasteiger partial charge is 0.192 e. The van der Waals surface area contributed by atoms with Gasteiger partial charge in [0.25, 0.3) is 0 Å². The Morgan fingerprint density at radius 3 is 1.96 bits per heavy atom. The fourth-order valence-corrected chi connectivity index (χ4v) is 3.73. The van der Waals surface area contributed by atoms with Gasteiger partial charge in [-0.2, -0.15) is 0 Å². The topological polar surface area (TPSA) is 69.9 Å². The molecule has 0 aliphatic carbocycles. The first-order chi connectivity index (χ1) is 10.3. The minimum Gasteiger partial charge on any atom is -0.413 e. The van der Waals surface area contributed by atoms with Crippen LogP contribution in [-0.4, -0.2) is 48.6 Å². The van der Waals surface area contributed by atoms with E-state index in [1.54, 1.807) is 6.08 Å². The summed E-state index contributed by atoms with van der Waals surface area (Å²) in [4.78, 5) is 0. The van der Waals surface area contributed by atoms with Crippen molar-refractivity contribution >= 4 is 8.32 Å². The van der Waals surface area contributed by atoms with Gasteiger partial charge in [0.2, 0.25) is 0 Å². The van der Waals surface area contributed by atoms with Crippen molar-refractivity contribution in [2.45, 2.75) is 84.4 Å². The summed E-state index contributed by atoms with van der Waals surface area (Å²) in [5.74, 6) is 0.550. The zero-order valence-electron chi connectivity index (χ0n) is 16.2. The Kier molecular flexibility index (Phi) is 9.24. The third-order valence-electron chi connectivity index (χ3n) is 4.77. The lowest BCUT2D eigenvalue weighted by atomic mass is 9.94. The summed E-state index contributed by atoms with van der Waals surface area (Å²) < 4.78 is 6.58. The standard InChI is InChI=1S/C18H38O4Si/c1-13(2)17(22-23(7,8)18(4,5)6)14(3)9-10-15(20)11-16(21)12-19/h9-10,13-17,19-21H,11-12H2,1-8H3/b10-9+/t14-,15-,16?,17-/m1/s1. The van der Waals surface area contributed by atoms with Crippen molar-refractivity contribution < 1.29 is 19.7 Å². The molecule has 0 radical (unpaired) electrons. The lowest BCUT2D eigenvalue weighted by molar-refractivity contribution is 0.0552. The predicted octanol–water partition coefficient (Wildman–Crippen LogP) is 3.33. The van der Waals surface area contributed by atoms with Crippen molar-refractivity contribution in [2.75, 3.05) is 6.61 Å². The minimum absolute atomic E-state index is 0.0992. The van der Waals surface area contributed by atoms with Gasteiger partial charge in [-0.05, 0) is 30.0 Å². The number of aliphatic hydroxyl groups excluding tert-OH is 3. The van der Waals surface area contributed by atoms with Crippen LogP contribution in [0.15, 0.2) is 12.2 Å². The van der Waals surface area contributed by atoms with Crippen LogP contribution in [0.25, 0.3) is 0 Å². The Labute approximate surface area is 143 Å². The Morgan fingerprint density at radius 2 is 1.57 bits per heavy atom. The molecule has 0 fully saturated rings. The van der Waals surface area contributed by atoms with Gasteiger partial charge < -0.3 is 19.7 Å². The maximum absolute atomic E-state index is 9.89. The fraction of sp³-hybridized carbons (Fsp3) is 0.889. The zero-order chi connectivity index (χ0) is 18.4. The molecule has 4 atom stereocenters. The highest BCUT2D eigenvalue weighted by Gasteiger charge is 2.40. The summed E-state index contributed by atoms with van der Waals surface area (Å²) in [6, 6.07) is 0. The van der Waals surface area contributed by atoms with Crippen LogP contribution in [0.1, 0.15) is 48.0 Å². The van der Waals surface area contributed by atoms with Crippen LogP contribution in [-0.2, 0) is 4.43 Å². The highest BCUT2D eigenvalue weighted by Crippen LogP contribution is 2.39. The van der Waals surface area contributed by atoms with Crippen molar-refractivity contribution in [2.24, 2.45) is 11.8 Å². The molecule has 0 aromatic heterocycles. The summed E-state index contributed by atoms with van der Waals surface area (Å²) in [5.41, 5.74) is 0. The second-order valence-electron chi connectivity index (χ2n) is 8.47. The summed E-state index contributed by atoms with van der Waals surface area (Å²) in [7, 11) is -1.85. The highest BCUT2D eigenvalue weighted by atomic mass is 28.4. The third kappa shape index (κ3) is 7.94. The quantitative estimate of drug-likeness (QED) is 0.442. The third-order valence-corrected chi connectivity index (χ3v) is 9.25. The van der Waals surface area contributed by atoms with Crippen LogP contribution < -0.4 is 0 Å². The van der Waals surface area contributed by atoms with Crippen LogP contribution in [0, 0.1) is 11.8 Å². The van der Waals surface area contributed by atoms with E-state index in [-0.39, 0.29) is 30.1 Å². The van der Waals surface area contributed by atoms with Crippen LogP contribution in [0.2, 0.25) is 18.1 Å². The number of hydrogen-bond donors (Lipinski definition) is 3. The molecule has 0 heterocycles. The molecule has 138 valence electrons. The van der Waals surface area contributed by atoms with E-state index in [2.05, 4.69) is 54.6 Å². The largest absolute Gasteiger partial charge is 0.413 e. The van der Waals surface area contributed by atoms with Gasteiger partial charge in [0, 0.05) is 6.42 Å². The van der Waals surface area contributed by atoms with Gasteiger partial charge in [-0.1, -0.05) is 53.7 Å². The van der Waals surface area contributed by atoms with Crippen LogP contribution in [0.5, 0.6) is 0 Å². The molecule has 0 saturated carbocycles. The lowest BCUT2D eigenvalue weighted by Gasteiger charge is -2.42. The number of aliphatic hydroxyl groups is 3. The van der Waals surface area contributed by atoms with E-state index in [4.69, 9.17) is 9.53 Å². The van der Waals surface area contributed by atoms with Gasteiger partial charge in [-0.15, -0.1) is 0 Å². The van der Waals surface area contributed by atoms with Gasteiger partial charge in [0.1, 0.15) is 0 Å². The summed E-state index contributed by atoms with van der Waals surface area (Å²) >= 11 is 0. The lowest BCUT2D eigenvalue weighted by Crippen LogP contribution is -2.46. The summed E-state index contributed by atoms with van der Waals surface area (Å²) in [5, 5.41) is 28.2. The van der Waals surface area contributed by atoms with E-state index in [9.17, 15) is 10.2 Å². The van der Waals surface area contributed by atoms with Crippen molar-refractivity contribution in [3.8, 4) is 0 Å². The molecule has 0 amide bonds. The number of hydrogen-bond acceptors (Lipinski definition) is 4. The first-order valence-corrected chi connectivity index (χ1v) is 11.6. The minimum atomic E-state index is -1.85. The van der Waals surface area contributed by atoms with Gasteiger partial charge in [0.05, 0.1) is 24.9 Å². The molecule has 1 unspecified atom stereocenters. The molecule has 4 nitrogen and oxygen atoms in total. The van der Waals surface area contributed by atoms with E-state index in [1.807, 2.05) is 6.08 Å². The zero-order valence-corrected chi connectivity index (χ0v) is 17.2. The first-order valence-electron chi connectivity index (χ1n) is 8.65. The molecule has 0 aliphatic rings. The normalized spacial score (nSPS) is 19.1. The van der Waals surface area contributed by atoms with E-state index >= 15 is 0 Å². The Balaban J connectivity index is 4.91.